The highest BCUT2D eigenvalue weighted by Crippen LogP contribution is 2.08. The quantitative estimate of drug-likeness (QED) is 0.579. The zero-order chi connectivity index (χ0) is 12.5. The van der Waals surface area contributed by atoms with Crippen molar-refractivity contribution in [2.45, 2.75) is 39.8 Å². The minimum Gasteiger partial charge on any atom is -0.310 e. The van der Waals surface area contributed by atoms with Crippen molar-refractivity contribution in [1.29, 1.82) is 0 Å². The molecule has 0 aliphatic carbocycles. The highest BCUT2D eigenvalue weighted by atomic mass is 16.2. The number of hydrogen-bond donors (Lipinski definition) is 2. The van der Waals surface area contributed by atoms with E-state index in [0.29, 0.717) is 5.82 Å². The van der Waals surface area contributed by atoms with Crippen LogP contribution in [0.15, 0.2) is 15.7 Å². The van der Waals surface area contributed by atoms with Gasteiger partial charge in [-0.3, -0.25) is 13.9 Å². The van der Waals surface area contributed by atoms with Crippen molar-refractivity contribution < 1.29 is 0 Å². The molecular formula is C10H18N4O2. The molecule has 0 bridgehead atoms. The van der Waals surface area contributed by atoms with Crippen LogP contribution in [0, 0.1) is 0 Å². The second kappa shape index (κ2) is 4.52. The molecule has 1 heterocycles. The summed E-state index contributed by atoms with van der Waals surface area (Å²) in [5, 5.41) is 0. The van der Waals surface area contributed by atoms with Crippen molar-refractivity contribution in [1.82, 2.24) is 9.13 Å². The lowest BCUT2D eigenvalue weighted by molar-refractivity contribution is 0.477. The number of nitrogens with zero attached hydrogens (tertiary/aromatic N) is 2. The normalized spacial score (nSPS) is 11.2. The van der Waals surface area contributed by atoms with Gasteiger partial charge in [0.1, 0.15) is 5.82 Å². The first kappa shape index (κ1) is 12.5. The second-order valence-electron chi connectivity index (χ2n) is 4.22. The minimum absolute atomic E-state index is 0.0656. The fraction of sp³-hybridized carbons (Fsp3) is 0.600. The number of hydrazine groups is 1. The Morgan fingerprint density at radius 3 is 2.00 bits per heavy atom. The molecule has 0 saturated heterocycles. The molecule has 0 atom stereocenters. The van der Waals surface area contributed by atoms with Gasteiger partial charge < -0.3 is 5.43 Å². The van der Waals surface area contributed by atoms with Crippen molar-refractivity contribution in [3.05, 3.63) is 26.9 Å². The van der Waals surface area contributed by atoms with E-state index >= 15 is 0 Å². The monoisotopic (exact) mass is 226 g/mol. The van der Waals surface area contributed by atoms with E-state index in [4.69, 9.17) is 5.84 Å². The topological polar surface area (TPSA) is 82.1 Å². The molecule has 1 rings (SSSR count). The average molecular weight is 226 g/mol. The molecular weight excluding hydrogens is 208 g/mol. The summed E-state index contributed by atoms with van der Waals surface area (Å²) in [6.07, 6.45) is 0. The van der Waals surface area contributed by atoms with Crippen LogP contribution in [0.3, 0.4) is 0 Å². The predicted molar refractivity (Wildman–Crippen MR) is 63.5 cm³/mol. The summed E-state index contributed by atoms with van der Waals surface area (Å²) in [4.78, 5) is 23.8. The van der Waals surface area contributed by atoms with Gasteiger partial charge in [-0.15, -0.1) is 0 Å². The lowest BCUT2D eigenvalue weighted by Crippen LogP contribution is -2.42. The van der Waals surface area contributed by atoms with Crippen LogP contribution >= 0.6 is 0 Å². The van der Waals surface area contributed by atoms with E-state index in [0.717, 1.165) is 0 Å². The summed E-state index contributed by atoms with van der Waals surface area (Å²) in [7, 11) is 0. The molecule has 0 aromatic carbocycles. The minimum atomic E-state index is -0.343. The number of nitrogen functional groups attached to an aromatic ring is 1. The molecule has 1 aromatic heterocycles. The van der Waals surface area contributed by atoms with Crippen molar-refractivity contribution in [3.8, 4) is 0 Å². The Morgan fingerprint density at radius 2 is 1.62 bits per heavy atom. The molecule has 0 aliphatic heterocycles. The van der Waals surface area contributed by atoms with Crippen molar-refractivity contribution in [3.63, 3.8) is 0 Å². The first-order chi connectivity index (χ1) is 7.40. The van der Waals surface area contributed by atoms with Gasteiger partial charge in [0.25, 0.3) is 5.56 Å². The van der Waals surface area contributed by atoms with Crippen molar-refractivity contribution in [2.24, 2.45) is 5.84 Å². The van der Waals surface area contributed by atoms with Crippen LogP contribution in [-0.2, 0) is 0 Å². The van der Waals surface area contributed by atoms with Crippen molar-refractivity contribution >= 4 is 5.82 Å². The van der Waals surface area contributed by atoms with E-state index in [1.165, 1.54) is 15.2 Å². The molecule has 0 saturated carbocycles. The fourth-order valence-electron chi connectivity index (χ4n) is 1.66. The molecule has 6 heteroatoms. The maximum atomic E-state index is 12.1. The summed E-state index contributed by atoms with van der Waals surface area (Å²) in [6.45, 7) is 7.31. The third-order valence-electron chi connectivity index (χ3n) is 2.35. The largest absolute Gasteiger partial charge is 0.333 e. The molecule has 0 amide bonds. The van der Waals surface area contributed by atoms with Crippen LogP contribution < -0.4 is 22.5 Å². The predicted octanol–water partition coefficient (Wildman–Crippen LogP) is 0.457. The molecule has 90 valence electrons. The summed E-state index contributed by atoms with van der Waals surface area (Å²) in [5.41, 5.74) is 1.69. The molecule has 0 unspecified atom stereocenters. The number of nitrogens with one attached hydrogen (secondary N) is 1. The van der Waals surface area contributed by atoms with Crippen LogP contribution in [-0.4, -0.2) is 9.13 Å². The van der Waals surface area contributed by atoms with Gasteiger partial charge in [-0.25, -0.2) is 10.6 Å². The van der Waals surface area contributed by atoms with Crippen molar-refractivity contribution in [2.75, 3.05) is 5.43 Å². The number of anilines is 1. The van der Waals surface area contributed by atoms with E-state index in [-0.39, 0.29) is 23.3 Å². The number of hydrogen-bond acceptors (Lipinski definition) is 4. The Kier molecular flexibility index (Phi) is 3.54. The lowest BCUT2D eigenvalue weighted by atomic mass is 10.3. The highest BCUT2D eigenvalue weighted by Gasteiger charge is 2.14. The van der Waals surface area contributed by atoms with Crippen LogP contribution in [0.2, 0.25) is 0 Å². The van der Waals surface area contributed by atoms with E-state index in [2.05, 4.69) is 5.43 Å². The first-order valence-electron chi connectivity index (χ1n) is 5.24. The lowest BCUT2D eigenvalue weighted by Gasteiger charge is -2.18. The molecule has 1 aromatic rings. The Morgan fingerprint density at radius 1 is 1.12 bits per heavy atom. The van der Waals surface area contributed by atoms with Gasteiger partial charge in [0.15, 0.2) is 0 Å². The van der Waals surface area contributed by atoms with Crippen LogP contribution in [0.25, 0.3) is 0 Å². The molecule has 0 spiro atoms. The number of rotatable bonds is 3. The number of aromatic nitrogens is 2. The SMILES string of the molecule is CC(C)n1c(NN)cc(=O)n(C(C)C)c1=O. The smallest absolute Gasteiger partial charge is 0.310 e. The molecule has 6 nitrogen and oxygen atoms in total. The highest BCUT2D eigenvalue weighted by molar-refractivity contribution is 5.32. The standard InChI is InChI=1S/C10H18N4O2/c1-6(2)13-8(12-11)5-9(15)14(7(3)4)10(13)16/h5-7,12H,11H2,1-4H3. The Bertz CT molecular complexity index is 485. The van der Waals surface area contributed by atoms with Gasteiger partial charge in [-0.05, 0) is 27.7 Å². The zero-order valence-electron chi connectivity index (χ0n) is 10.0. The van der Waals surface area contributed by atoms with Crippen LogP contribution in [0.4, 0.5) is 5.82 Å². The third-order valence-corrected chi connectivity index (χ3v) is 2.35. The Balaban J connectivity index is 3.66. The number of nitrogens with two attached hydrogens (primary N) is 1. The maximum absolute atomic E-state index is 12.1. The molecule has 0 radical (unpaired) electrons. The zero-order valence-corrected chi connectivity index (χ0v) is 10.0. The summed E-state index contributed by atoms with van der Waals surface area (Å²) in [6, 6.07) is 1.10. The van der Waals surface area contributed by atoms with Crippen LogP contribution in [0.1, 0.15) is 39.8 Å². The van der Waals surface area contributed by atoms with Crippen LogP contribution in [0.5, 0.6) is 0 Å². The molecule has 0 aliphatic rings. The summed E-state index contributed by atoms with van der Waals surface area (Å²) >= 11 is 0. The molecule has 0 fully saturated rings. The Hall–Kier alpha value is -1.56. The Labute approximate surface area is 93.7 Å². The van der Waals surface area contributed by atoms with Gasteiger partial charge in [-0.1, -0.05) is 0 Å². The van der Waals surface area contributed by atoms with Gasteiger partial charge in [0.2, 0.25) is 0 Å². The van der Waals surface area contributed by atoms with E-state index in [9.17, 15) is 9.59 Å². The van der Waals surface area contributed by atoms with E-state index in [1.807, 2.05) is 13.8 Å². The summed E-state index contributed by atoms with van der Waals surface area (Å²) in [5.74, 6) is 5.63. The van der Waals surface area contributed by atoms with Gasteiger partial charge in [0, 0.05) is 18.2 Å². The molecule has 16 heavy (non-hydrogen) atoms. The fourth-order valence-corrected chi connectivity index (χ4v) is 1.66. The van der Waals surface area contributed by atoms with Gasteiger partial charge >= 0.3 is 5.69 Å². The average Bonchev–Trinajstić information content (AvgIpc) is 2.14. The first-order valence-corrected chi connectivity index (χ1v) is 5.24. The maximum Gasteiger partial charge on any atom is 0.333 e. The van der Waals surface area contributed by atoms with Gasteiger partial charge in [-0.2, -0.15) is 0 Å². The van der Waals surface area contributed by atoms with E-state index in [1.54, 1.807) is 13.8 Å². The second-order valence-corrected chi connectivity index (χ2v) is 4.22. The van der Waals surface area contributed by atoms with E-state index < -0.39 is 0 Å². The summed E-state index contributed by atoms with van der Waals surface area (Å²) < 4.78 is 2.67. The van der Waals surface area contributed by atoms with Gasteiger partial charge in [0.05, 0.1) is 0 Å². The molecule has 3 N–H and O–H groups in total. The third kappa shape index (κ3) is 2.01.